The van der Waals surface area contributed by atoms with Crippen molar-refractivity contribution in [1.82, 2.24) is 4.90 Å². The minimum atomic E-state index is -0.349. The Morgan fingerprint density at radius 2 is 2.16 bits per heavy atom. The molecule has 6 nitrogen and oxygen atoms in total. The lowest BCUT2D eigenvalue weighted by Gasteiger charge is -2.27. The summed E-state index contributed by atoms with van der Waals surface area (Å²) in [6.45, 7) is 6.72. The zero-order valence-electron chi connectivity index (χ0n) is 11.1. The highest BCUT2D eigenvalue weighted by Gasteiger charge is 2.15. The van der Waals surface area contributed by atoms with Gasteiger partial charge in [0.15, 0.2) is 0 Å². The van der Waals surface area contributed by atoms with Gasteiger partial charge in [0, 0.05) is 44.0 Å². The van der Waals surface area contributed by atoms with Crippen molar-refractivity contribution >= 4 is 11.4 Å². The minimum absolute atomic E-state index is 0.143. The lowest BCUT2D eigenvalue weighted by Crippen LogP contribution is -2.35. The van der Waals surface area contributed by atoms with Gasteiger partial charge in [-0.1, -0.05) is 0 Å². The van der Waals surface area contributed by atoms with Crippen molar-refractivity contribution in [2.24, 2.45) is 0 Å². The molecule has 0 radical (unpaired) electrons. The van der Waals surface area contributed by atoms with Crippen molar-refractivity contribution in [3.05, 3.63) is 33.9 Å². The topological polar surface area (TPSA) is 67.6 Å². The highest BCUT2D eigenvalue weighted by atomic mass is 16.6. The highest BCUT2D eigenvalue weighted by molar-refractivity contribution is 5.56. The normalized spacial score (nSPS) is 16.3. The van der Waals surface area contributed by atoms with Crippen molar-refractivity contribution in [3.8, 4) is 0 Å². The molecule has 1 aromatic rings. The standard InChI is InChI=1S/C13H19N3O3/c1-2-14-13-4-3-12(16(17)18)9-11(13)10-15-5-7-19-8-6-15/h3-4,9,14H,2,5-8,10H2,1H3. The number of nitrogens with one attached hydrogen (secondary N) is 1. The Kier molecular flexibility index (Phi) is 4.70. The fourth-order valence-electron chi connectivity index (χ4n) is 2.19. The summed E-state index contributed by atoms with van der Waals surface area (Å²) in [5.74, 6) is 0. The van der Waals surface area contributed by atoms with Crippen LogP contribution in [0.1, 0.15) is 12.5 Å². The Balaban J connectivity index is 2.18. The molecule has 1 aromatic carbocycles. The maximum Gasteiger partial charge on any atom is 0.269 e. The van der Waals surface area contributed by atoms with Gasteiger partial charge in [-0.15, -0.1) is 0 Å². The first kappa shape index (κ1) is 13.8. The first-order valence-corrected chi connectivity index (χ1v) is 6.52. The van der Waals surface area contributed by atoms with Gasteiger partial charge in [-0.05, 0) is 18.6 Å². The summed E-state index contributed by atoms with van der Waals surface area (Å²) in [5, 5.41) is 14.1. The quantitative estimate of drug-likeness (QED) is 0.650. The molecule has 2 rings (SSSR count). The van der Waals surface area contributed by atoms with Gasteiger partial charge in [-0.3, -0.25) is 15.0 Å². The Hall–Kier alpha value is -1.66. The molecule has 0 aliphatic carbocycles. The van der Waals surface area contributed by atoms with Gasteiger partial charge in [0.1, 0.15) is 0 Å². The second kappa shape index (κ2) is 6.49. The zero-order valence-corrected chi connectivity index (χ0v) is 11.1. The fourth-order valence-corrected chi connectivity index (χ4v) is 2.19. The van der Waals surface area contributed by atoms with Gasteiger partial charge < -0.3 is 10.1 Å². The van der Waals surface area contributed by atoms with Gasteiger partial charge in [-0.25, -0.2) is 0 Å². The minimum Gasteiger partial charge on any atom is -0.385 e. The number of rotatable bonds is 5. The molecule has 1 N–H and O–H groups in total. The average molecular weight is 265 g/mol. The molecule has 1 aliphatic heterocycles. The Labute approximate surface area is 112 Å². The Morgan fingerprint density at radius 3 is 2.79 bits per heavy atom. The summed E-state index contributed by atoms with van der Waals surface area (Å²) < 4.78 is 5.31. The number of morpholine rings is 1. The molecule has 0 amide bonds. The predicted octanol–water partition coefficient (Wildman–Crippen LogP) is 1.86. The van der Waals surface area contributed by atoms with Crippen LogP contribution < -0.4 is 5.32 Å². The van der Waals surface area contributed by atoms with E-state index < -0.39 is 0 Å². The van der Waals surface area contributed by atoms with Crippen LogP contribution in [0.3, 0.4) is 0 Å². The van der Waals surface area contributed by atoms with Crippen LogP contribution in [0.5, 0.6) is 0 Å². The number of hydrogen-bond donors (Lipinski definition) is 1. The molecule has 0 unspecified atom stereocenters. The molecule has 19 heavy (non-hydrogen) atoms. The third kappa shape index (κ3) is 3.65. The number of anilines is 1. The first-order chi connectivity index (χ1) is 9.20. The molecule has 0 atom stereocenters. The summed E-state index contributed by atoms with van der Waals surface area (Å²) in [5.41, 5.74) is 2.09. The number of hydrogen-bond acceptors (Lipinski definition) is 5. The second-order valence-electron chi connectivity index (χ2n) is 4.52. The van der Waals surface area contributed by atoms with Crippen molar-refractivity contribution in [1.29, 1.82) is 0 Å². The van der Waals surface area contributed by atoms with E-state index >= 15 is 0 Å². The number of nitro benzene ring substituents is 1. The molecule has 1 heterocycles. The molecule has 6 heteroatoms. The summed E-state index contributed by atoms with van der Waals surface area (Å²) in [6, 6.07) is 4.99. The lowest BCUT2D eigenvalue weighted by atomic mass is 10.1. The third-order valence-electron chi connectivity index (χ3n) is 3.16. The third-order valence-corrected chi connectivity index (χ3v) is 3.16. The van der Waals surface area contributed by atoms with Crippen molar-refractivity contribution in [2.45, 2.75) is 13.5 Å². The van der Waals surface area contributed by atoms with Crippen LogP contribution in [0.15, 0.2) is 18.2 Å². The summed E-state index contributed by atoms with van der Waals surface area (Å²) >= 11 is 0. The van der Waals surface area contributed by atoms with Gasteiger partial charge in [0.05, 0.1) is 18.1 Å². The number of nitro groups is 1. The molecular formula is C13H19N3O3. The van der Waals surface area contributed by atoms with Gasteiger partial charge in [0.2, 0.25) is 0 Å². The summed E-state index contributed by atoms with van der Waals surface area (Å²) in [6.07, 6.45) is 0. The largest absolute Gasteiger partial charge is 0.385 e. The molecule has 0 bridgehead atoms. The van der Waals surface area contributed by atoms with E-state index in [0.717, 1.165) is 44.1 Å². The van der Waals surface area contributed by atoms with Crippen LogP contribution >= 0.6 is 0 Å². The van der Waals surface area contributed by atoms with Crippen LogP contribution in [0.4, 0.5) is 11.4 Å². The predicted molar refractivity (Wildman–Crippen MR) is 73.4 cm³/mol. The molecular weight excluding hydrogens is 246 g/mol. The van der Waals surface area contributed by atoms with Crippen molar-refractivity contribution < 1.29 is 9.66 Å². The van der Waals surface area contributed by atoms with Crippen LogP contribution in [0.2, 0.25) is 0 Å². The Morgan fingerprint density at radius 1 is 1.42 bits per heavy atom. The molecule has 1 aliphatic rings. The van der Waals surface area contributed by atoms with E-state index in [1.807, 2.05) is 6.92 Å². The Bertz CT molecular complexity index is 445. The highest BCUT2D eigenvalue weighted by Crippen LogP contribution is 2.23. The SMILES string of the molecule is CCNc1ccc([N+](=O)[O-])cc1CN1CCOCC1. The average Bonchev–Trinajstić information content (AvgIpc) is 2.42. The first-order valence-electron chi connectivity index (χ1n) is 6.52. The molecule has 0 spiro atoms. The van der Waals surface area contributed by atoms with Crippen LogP contribution in [-0.2, 0) is 11.3 Å². The molecule has 1 fully saturated rings. The van der Waals surface area contributed by atoms with E-state index in [4.69, 9.17) is 4.74 Å². The molecule has 0 saturated carbocycles. The van der Waals surface area contributed by atoms with Crippen molar-refractivity contribution in [2.75, 3.05) is 38.2 Å². The van der Waals surface area contributed by atoms with Crippen LogP contribution in [0.25, 0.3) is 0 Å². The molecule has 1 saturated heterocycles. The number of ether oxygens (including phenoxy) is 1. The zero-order chi connectivity index (χ0) is 13.7. The van der Waals surface area contributed by atoms with E-state index in [2.05, 4.69) is 10.2 Å². The summed E-state index contributed by atoms with van der Waals surface area (Å²) in [7, 11) is 0. The fraction of sp³-hybridized carbons (Fsp3) is 0.538. The second-order valence-corrected chi connectivity index (χ2v) is 4.52. The van der Waals surface area contributed by atoms with E-state index in [0.29, 0.717) is 6.54 Å². The number of nitrogens with zero attached hydrogens (tertiary/aromatic N) is 2. The van der Waals surface area contributed by atoms with E-state index in [1.54, 1.807) is 18.2 Å². The van der Waals surface area contributed by atoms with Crippen LogP contribution in [-0.4, -0.2) is 42.7 Å². The molecule has 104 valence electrons. The van der Waals surface area contributed by atoms with Gasteiger partial charge in [0.25, 0.3) is 5.69 Å². The van der Waals surface area contributed by atoms with Gasteiger partial charge >= 0.3 is 0 Å². The van der Waals surface area contributed by atoms with Gasteiger partial charge in [-0.2, -0.15) is 0 Å². The molecule has 0 aromatic heterocycles. The number of benzene rings is 1. The monoisotopic (exact) mass is 265 g/mol. The summed E-state index contributed by atoms with van der Waals surface area (Å²) in [4.78, 5) is 12.8. The lowest BCUT2D eigenvalue weighted by molar-refractivity contribution is -0.384. The van der Waals surface area contributed by atoms with Crippen molar-refractivity contribution in [3.63, 3.8) is 0 Å². The maximum atomic E-state index is 10.9. The van der Waals surface area contributed by atoms with E-state index in [9.17, 15) is 10.1 Å². The smallest absolute Gasteiger partial charge is 0.269 e. The van der Waals surface area contributed by atoms with E-state index in [1.165, 1.54) is 0 Å². The maximum absolute atomic E-state index is 10.9. The van der Waals surface area contributed by atoms with Crippen LogP contribution in [0, 0.1) is 10.1 Å². The van der Waals surface area contributed by atoms with E-state index in [-0.39, 0.29) is 10.6 Å². The number of non-ortho nitro benzene ring substituents is 1.